The van der Waals surface area contributed by atoms with Crippen molar-refractivity contribution < 1.29 is 9.90 Å². The molecule has 0 heterocycles. The fourth-order valence-electron chi connectivity index (χ4n) is 0.868. The van der Waals surface area contributed by atoms with Crippen molar-refractivity contribution in [1.82, 2.24) is 0 Å². The molecule has 0 saturated heterocycles. The van der Waals surface area contributed by atoms with Crippen molar-refractivity contribution in [3.05, 3.63) is 23.2 Å². The lowest BCUT2D eigenvalue weighted by Crippen LogP contribution is -2.24. The molecule has 1 aromatic carbocycles. The smallest absolute Gasteiger partial charge is 0.252 e. The van der Waals surface area contributed by atoms with Gasteiger partial charge in [-0.05, 0) is 25.1 Å². The number of nitrogens with one attached hydrogen (secondary N) is 1. The molecule has 1 unspecified atom stereocenters. The quantitative estimate of drug-likeness (QED) is 0.649. The van der Waals surface area contributed by atoms with Crippen LogP contribution in [0.4, 0.5) is 11.4 Å². The second-order valence-electron chi connectivity index (χ2n) is 2.90. The first-order chi connectivity index (χ1) is 6.50. The minimum Gasteiger partial charge on any atom is -0.397 e. The zero-order valence-corrected chi connectivity index (χ0v) is 8.38. The van der Waals surface area contributed by atoms with Gasteiger partial charge in [0.25, 0.3) is 5.91 Å². The average Bonchev–Trinajstić information content (AvgIpc) is 2.11. The molecule has 76 valence electrons. The zero-order valence-electron chi connectivity index (χ0n) is 7.62. The van der Waals surface area contributed by atoms with Crippen LogP contribution in [-0.2, 0) is 4.79 Å². The maximum Gasteiger partial charge on any atom is 0.252 e. The number of benzene rings is 1. The number of carbonyl (C=O) groups is 1. The number of rotatable bonds is 2. The maximum atomic E-state index is 11.1. The van der Waals surface area contributed by atoms with Crippen LogP contribution in [0.2, 0.25) is 5.02 Å². The minimum absolute atomic E-state index is 0.384. The number of hydrogen-bond acceptors (Lipinski definition) is 3. The predicted molar refractivity (Wildman–Crippen MR) is 56.2 cm³/mol. The van der Waals surface area contributed by atoms with Gasteiger partial charge in [-0.2, -0.15) is 0 Å². The van der Waals surface area contributed by atoms with E-state index >= 15 is 0 Å². The molecule has 0 fully saturated rings. The first-order valence-electron chi connectivity index (χ1n) is 4.04. The van der Waals surface area contributed by atoms with E-state index in [0.29, 0.717) is 16.4 Å². The molecule has 5 heteroatoms. The highest BCUT2D eigenvalue weighted by atomic mass is 35.5. The van der Waals surface area contributed by atoms with Crippen LogP contribution < -0.4 is 11.1 Å². The number of halogens is 1. The number of anilines is 2. The number of carbonyl (C=O) groups excluding carboxylic acids is 1. The zero-order chi connectivity index (χ0) is 10.7. The Labute approximate surface area is 86.7 Å². The van der Waals surface area contributed by atoms with Crippen molar-refractivity contribution in [1.29, 1.82) is 0 Å². The molecule has 1 amide bonds. The molecule has 0 bridgehead atoms. The highest BCUT2D eigenvalue weighted by Gasteiger charge is 2.08. The molecule has 0 aromatic heterocycles. The summed E-state index contributed by atoms with van der Waals surface area (Å²) < 4.78 is 0. The second kappa shape index (κ2) is 4.30. The third-order valence-corrected chi connectivity index (χ3v) is 1.99. The van der Waals surface area contributed by atoms with Crippen molar-refractivity contribution in [2.75, 3.05) is 11.1 Å². The van der Waals surface area contributed by atoms with Crippen molar-refractivity contribution >= 4 is 28.9 Å². The van der Waals surface area contributed by atoms with E-state index in [0.717, 1.165) is 0 Å². The van der Waals surface area contributed by atoms with Gasteiger partial charge < -0.3 is 16.2 Å². The normalized spacial score (nSPS) is 12.2. The average molecular weight is 215 g/mol. The van der Waals surface area contributed by atoms with Crippen LogP contribution in [-0.4, -0.2) is 17.1 Å². The van der Waals surface area contributed by atoms with Gasteiger partial charge in [0.05, 0.1) is 10.7 Å². The van der Waals surface area contributed by atoms with Gasteiger partial charge in [-0.3, -0.25) is 4.79 Å². The molecule has 0 aliphatic rings. The Balaban J connectivity index is 2.78. The van der Waals surface area contributed by atoms with Crippen LogP contribution in [0.5, 0.6) is 0 Å². The molecule has 0 saturated carbocycles. The van der Waals surface area contributed by atoms with E-state index in [-0.39, 0.29) is 0 Å². The number of aliphatic hydroxyl groups excluding tert-OH is 1. The molecule has 0 aliphatic carbocycles. The molecule has 1 aromatic rings. The fraction of sp³-hybridized carbons (Fsp3) is 0.222. The molecule has 14 heavy (non-hydrogen) atoms. The van der Waals surface area contributed by atoms with Gasteiger partial charge in [-0.15, -0.1) is 0 Å². The van der Waals surface area contributed by atoms with Gasteiger partial charge >= 0.3 is 0 Å². The number of amides is 1. The lowest BCUT2D eigenvalue weighted by Gasteiger charge is -2.08. The highest BCUT2D eigenvalue weighted by molar-refractivity contribution is 6.33. The summed E-state index contributed by atoms with van der Waals surface area (Å²) in [6, 6.07) is 4.72. The Morgan fingerprint density at radius 2 is 2.29 bits per heavy atom. The standard InChI is InChI=1S/C9H11ClN2O2/c1-5(13)9(14)12-6-2-3-7(10)8(11)4-6/h2-5,13H,11H2,1H3,(H,12,14). The van der Waals surface area contributed by atoms with E-state index in [1.54, 1.807) is 12.1 Å². The van der Waals surface area contributed by atoms with E-state index < -0.39 is 12.0 Å². The number of hydrogen-bond donors (Lipinski definition) is 3. The van der Waals surface area contributed by atoms with Crippen LogP contribution in [0.15, 0.2) is 18.2 Å². The summed E-state index contributed by atoms with van der Waals surface area (Å²) in [6.07, 6.45) is -1.05. The van der Waals surface area contributed by atoms with Gasteiger partial charge in [-0.1, -0.05) is 11.6 Å². The minimum atomic E-state index is -1.05. The monoisotopic (exact) mass is 214 g/mol. The van der Waals surface area contributed by atoms with Gasteiger partial charge in [0.15, 0.2) is 0 Å². The van der Waals surface area contributed by atoms with Crippen molar-refractivity contribution in [3.8, 4) is 0 Å². The molecule has 1 atom stereocenters. The Hall–Kier alpha value is -1.26. The molecule has 1 rings (SSSR count). The summed E-state index contributed by atoms with van der Waals surface area (Å²) in [5.74, 6) is -0.480. The lowest BCUT2D eigenvalue weighted by atomic mass is 10.2. The number of aliphatic hydroxyl groups is 1. The summed E-state index contributed by atoms with van der Waals surface area (Å²) in [4.78, 5) is 11.1. The Kier molecular flexibility index (Phi) is 3.33. The lowest BCUT2D eigenvalue weighted by molar-refractivity contribution is -0.123. The molecular formula is C9H11ClN2O2. The first-order valence-corrected chi connectivity index (χ1v) is 4.42. The van der Waals surface area contributed by atoms with Gasteiger partial charge in [0.1, 0.15) is 6.10 Å². The fourth-order valence-corrected chi connectivity index (χ4v) is 0.986. The largest absolute Gasteiger partial charge is 0.397 e. The Bertz CT molecular complexity index is 353. The van der Waals surface area contributed by atoms with Gasteiger partial charge in [0.2, 0.25) is 0 Å². The van der Waals surface area contributed by atoms with E-state index in [4.69, 9.17) is 22.4 Å². The third-order valence-electron chi connectivity index (χ3n) is 1.64. The van der Waals surface area contributed by atoms with Crippen LogP contribution in [0.1, 0.15) is 6.92 Å². The molecular weight excluding hydrogens is 204 g/mol. The first kappa shape index (κ1) is 10.8. The topological polar surface area (TPSA) is 75.3 Å². The SMILES string of the molecule is CC(O)C(=O)Nc1ccc(Cl)c(N)c1. The van der Waals surface area contributed by atoms with E-state index in [9.17, 15) is 4.79 Å². The molecule has 0 aliphatic heterocycles. The highest BCUT2D eigenvalue weighted by Crippen LogP contribution is 2.22. The third kappa shape index (κ3) is 2.61. The van der Waals surface area contributed by atoms with Gasteiger partial charge in [0, 0.05) is 5.69 Å². The summed E-state index contributed by atoms with van der Waals surface area (Å²) in [6.45, 7) is 1.38. The van der Waals surface area contributed by atoms with Crippen LogP contribution in [0.3, 0.4) is 0 Å². The van der Waals surface area contributed by atoms with Crippen molar-refractivity contribution in [2.24, 2.45) is 0 Å². The summed E-state index contributed by atoms with van der Waals surface area (Å²) in [7, 11) is 0. The Morgan fingerprint density at radius 1 is 1.64 bits per heavy atom. The predicted octanol–water partition coefficient (Wildman–Crippen LogP) is 1.24. The summed E-state index contributed by atoms with van der Waals surface area (Å²) in [5, 5.41) is 11.8. The van der Waals surface area contributed by atoms with Gasteiger partial charge in [-0.25, -0.2) is 0 Å². The van der Waals surface area contributed by atoms with Crippen LogP contribution in [0.25, 0.3) is 0 Å². The van der Waals surface area contributed by atoms with E-state index in [2.05, 4.69) is 5.32 Å². The number of nitrogens with two attached hydrogens (primary N) is 1. The number of nitrogen functional groups attached to an aromatic ring is 1. The molecule has 0 radical (unpaired) electrons. The maximum absolute atomic E-state index is 11.1. The van der Waals surface area contributed by atoms with Crippen LogP contribution >= 0.6 is 11.6 Å². The molecule has 4 N–H and O–H groups in total. The second-order valence-corrected chi connectivity index (χ2v) is 3.31. The van der Waals surface area contributed by atoms with E-state index in [1.165, 1.54) is 13.0 Å². The van der Waals surface area contributed by atoms with Crippen molar-refractivity contribution in [3.63, 3.8) is 0 Å². The summed E-state index contributed by atoms with van der Waals surface area (Å²) in [5.41, 5.74) is 6.42. The molecule has 4 nitrogen and oxygen atoms in total. The summed E-state index contributed by atoms with van der Waals surface area (Å²) >= 11 is 5.69. The van der Waals surface area contributed by atoms with E-state index in [1.807, 2.05) is 0 Å². The Morgan fingerprint density at radius 3 is 2.79 bits per heavy atom. The van der Waals surface area contributed by atoms with Crippen LogP contribution in [0, 0.1) is 0 Å². The van der Waals surface area contributed by atoms with Crippen molar-refractivity contribution in [2.45, 2.75) is 13.0 Å². The molecule has 0 spiro atoms.